The van der Waals surface area contributed by atoms with Crippen molar-refractivity contribution in [3.8, 4) is 0 Å². The van der Waals surface area contributed by atoms with E-state index in [1.165, 1.54) is 16.8 Å². The summed E-state index contributed by atoms with van der Waals surface area (Å²) in [7, 11) is 0. The fraction of sp³-hybridized carbons (Fsp3) is 0.300. The highest BCUT2D eigenvalue weighted by atomic mass is 16.5. The zero-order valence-electron chi connectivity index (χ0n) is 9.30. The smallest absolute Gasteiger partial charge is 0.354 e. The van der Waals surface area contributed by atoms with Gasteiger partial charge >= 0.3 is 12.0 Å². The molecule has 0 aromatic carbocycles. The van der Waals surface area contributed by atoms with Gasteiger partial charge in [0.1, 0.15) is 12.2 Å². The molecule has 0 aliphatic carbocycles. The minimum Gasteiger partial charge on any atom is -0.461 e. The molecule has 0 spiro atoms. The fourth-order valence-electron chi connectivity index (χ4n) is 1.27. The first kappa shape index (κ1) is 12.8. The van der Waals surface area contributed by atoms with Crippen molar-refractivity contribution in [3.63, 3.8) is 0 Å². The third kappa shape index (κ3) is 3.63. The molecule has 1 aromatic rings. The summed E-state index contributed by atoms with van der Waals surface area (Å²) in [4.78, 5) is 33.2. The van der Waals surface area contributed by atoms with E-state index < -0.39 is 17.9 Å². The van der Waals surface area contributed by atoms with Gasteiger partial charge in [0, 0.05) is 6.20 Å². The third-order valence-electron chi connectivity index (χ3n) is 1.89. The lowest BCUT2D eigenvalue weighted by atomic mass is 10.4. The maximum atomic E-state index is 11.5. The molecule has 1 rings (SSSR count). The van der Waals surface area contributed by atoms with Gasteiger partial charge in [-0.3, -0.25) is 10.1 Å². The topological polar surface area (TPSA) is 103 Å². The van der Waals surface area contributed by atoms with Crippen LogP contribution < -0.4 is 11.1 Å². The van der Waals surface area contributed by atoms with Crippen molar-refractivity contribution in [2.24, 2.45) is 5.73 Å². The largest absolute Gasteiger partial charge is 0.461 e. The second-order valence-corrected chi connectivity index (χ2v) is 3.15. The van der Waals surface area contributed by atoms with Gasteiger partial charge in [0.15, 0.2) is 0 Å². The Kier molecular flexibility index (Phi) is 4.27. The van der Waals surface area contributed by atoms with Crippen molar-refractivity contribution in [2.75, 3.05) is 6.61 Å². The number of hydrogen-bond acceptors (Lipinski definition) is 4. The molecule has 92 valence electrons. The number of nitrogens with zero attached hydrogens (tertiary/aromatic N) is 1. The molecule has 0 aliphatic heterocycles. The van der Waals surface area contributed by atoms with Crippen molar-refractivity contribution >= 4 is 17.9 Å². The number of carbonyl (C=O) groups is 3. The van der Waals surface area contributed by atoms with E-state index in [4.69, 9.17) is 10.5 Å². The summed E-state index contributed by atoms with van der Waals surface area (Å²) in [5, 5.41) is 1.91. The van der Waals surface area contributed by atoms with Crippen LogP contribution in [0.2, 0.25) is 0 Å². The van der Waals surface area contributed by atoms with Crippen LogP contribution in [-0.2, 0) is 16.1 Å². The van der Waals surface area contributed by atoms with Crippen LogP contribution in [-0.4, -0.2) is 29.1 Å². The normalized spacial score (nSPS) is 9.71. The van der Waals surface area contributed by atoms with E-state index in [0.717, 1.165) is 0 Å². The number of nitrogens with two attached hydrogens (primary N) is 1. The molecule has 0 bridgehead atoms. The number of esters is 1. The second kappa shape index (κ2) is 5.69. The van der Waals surface area contributed by atoms with Crippen LogP contribution in [0, 0.1) is 0 Å². The van der Waals surface area contributed by atoms with Crippen molar-refractivity contribution in [3.05, 3.63) is 24.0 Å². The highest BCUT2D eigenvalue weighted by Gasteiger charge is 2.14. The molecular weight excluding hydrogens is 226 g/mol. The lowest BCUT2D eigenvalue weighted by molar-refractivity contribution is -0.120. The van der Waals surface area contributed by atoms with Gasteiger partial charge in [0.25, 0.3) is 0 Å². The van der Waals surface area contributed by atoms with Crippen LogP contribution >= 0.6 is 0 Å². The average Bonchev–Trinajstić information content (AvgIpc) is 2.64. The number of aromatic nitrogens is 1. The van der Waals surface area contributed by atoms with Gasteiger partial charge < -0.3 is 15.0 Å². The minimum atomic E-state index is -0.931. The molecule has 0 saturated heterocycles. The van der Waals surface area contributed by atoms with Crippen LogP contribution in [0.25, 0.3) is 0 Å². The number of hydrogen-bond donors (Lipinski definition) is 2. The number of primary amides is 1. The molecule has 0 atom stereocenters. The van der Waals surface area contributed by atoms with E-state index in [2.05, 4.69) is 0 Å². The lowest BCUT2D eigenvalue weighted by Gasteiger charge is -2.07. The Morgan fingerprint density at radius 1 is 1.47 bits per heavy atom. The average molecular weight is 239 g/mol. The first-order valence-corrected chi connectivity index (χ1v) is 4.96. The number of nitrogens with one attached hydrogen (secondary N) is 1. The first-order valence-electron chi connectivity index (χ1n) is 4.96. The Morgan fingerprint density at radius 3 is 2.76 bits per heavy atom. The summed E-state index contributed by atoms with van der Waals surface area (Å²) in [6.07, 6.45) is 1.53. The zero-order chi connectivity index (χ0) is 12.8. The number of imide groups is 1. The van der Waals surface area contributed by atoms with Gasteiger partial charge in [-0.15, -0.1) is 0 Å². The van der Waals surface area contributed by atoms with E-state index >= 15 is 0 Å². The monoisotopic (exact) mass is 239 g/mol. The molecule has 0 saturated carbocycles. The Hall–Kier alpha value is -2.31. The minimum absolute atomic E-state index is 0.177. The lowest BCUT2D eigenvalue weighted by Crippen LogP contribution is -2.37. The highest BCUT2D eigenvalue weighted by Crippen LogP contribution is 2.04. The maximum absolute atomic E-state index is 11.5. The number of ether oxygens (including phenoxy) is 1. The molecule has 1 aromatic heterocycles. The molecular formula is C10H13N3O4. The molecule has 17 heavy (non-hydrogen) atoms. The van der Waals surface area contributed by atoms with Crippen molar-refractivity contribution in [1.29, 1.82) is 0 Å². The maximum Gasteiger partial charge on any atom is 0.354 e. The summed E-state index contributed by atoms with van der Waals surface area (Å²) >= 11 is 0. The molecule has 0 fully saturated rings. The Labute approximate surface area is 97.5 Å². The SMILES string of the molecule is CCOC(=O)c1cccn1CC(=O)NC(N)=O. The molecule has 7 heteroatoms. The standard InChI is InChI=1S/C10H13N3O4/c1-2-17-9(15)7-4-3-5-13(7)6-8(14)12-10(11)16/h3-5H,2,6H2,1H3,(H3,11,12,14,16). The van der Waals surface area contributed by atoms with Crippen molar-refractivity contribution < 1.29 is 19.1 Å². The molecule has 0 unspecified atom stereocenters. The van der Waals surface area contributed by atoms with Gasteiger partial charge in [-0.25, -0.2) is 9.59 Å². The van der Waals surface area contributed by atoms with Crippen molar-refractivity contribution in [1.82, 2.24) is 9.88 Å². The number of urea groups is 1. The molecule has 3 N–H and O–H groups in total. The van der Waals surface area contributed by atoms with Crippen LogP contribution in [0.15, 0.2) is 18.3 Å². The van der Waals surface area contributed by atoms with Gasteiger partial charge in [0.05, 0.1) is 6.61 Å². The molecule has 7 nitrogen and oxygen atoms in total. The Balaban J connectivity index is 2.72. The first-order chi connectivity index (χ1) is 8.04. The Morgan fingerprint density at radius 2 is 2.18 bits per heavy atom. The van der Waals surface area contributed by atoms with E-state index in [9.17, 15) is 14.4 Å². The van der Waals surface area contributed by atoms with Crippen LogP contribution in [0.3, 0.4) is 0 Å². The number of carbonyl (C=O) groups excluding carboxylic acids is 3. The summed E-state index contributed by atoms with van der Waals surface area (Å²) in [6.45, 7) is 1.76. The van der Waals surface area contributed by atoms with E-state index in [-0.39, 0.29) is 18.8 Å². The van der Waals surface area contributed by atoms with Gasteiger partial charge in [0.2, 0.25) is 5.91 Å². The van der Waals surface area contributed by atoms with E-state index in [1.807, 2.05) is 5.32 Å². The fourth-order valence-corrected chi connectivity index (χ4v) is 1.27. The van der Waals surface area contributed by atoms with Crippen molar-refractivity contribution in [2.45, 2.75) is 13.5 Å². The van der Waals surface area contributed by atoms with Crippen LogP contribution in [0.4, 0.5) is 4.79 Å². The summed E-state index contributed by atoms with van der Waals surface area (Å²) < 4.78 is 6.18. The molecule has 3 amide bonds. The van der Waals surface area contributed by atoms with Gasteiger partial charge in [-0.2, -0.15) is 0 Å². The molecule has 0 aliphatic rings. The van der Waals surface area contributed by atoms with Gasteiger partial charge in [-0.1, -0.05) is 0 Å². The molecule has 0 radical (unpaired) electrons. The third-order valence-corrected chi connectivity index (χ3v) is 1.89. The summed E-state index contributed by atoms with van der Waals surface area (Å²) in [5.74, 6) is -1.12. The predicted octanol–water partition coefficient (Wildman–Crippen LogP) is -0.140. The predicted molar refractivity (Wildman–Crippen MR) is 58.1 cm³/mol. The zero-order valence-corrected chi connectivity index (χ0v) is 9.30. The van der Waals surface area contributed by atoms with E-state index in [0.29, 0.717) is 0 Å². The van der Waals surface area contributed by atoms with Crippen LogP contribution in [0.5, 0.6) is 0 Å². The van der Waals surface area contributed by atoms with Gasteiger partial charge in [-0.05, 0) is 19.1 Å². The van der Waals surface area contributed by atoms with Crippen LogP contribution in [0.1, 0.15) is 17.4 Å². The van der Waals surface area contributed by atoms with E-state index in [1.54, 1.807) is 13.0 Å². The quantitative estimate of drug-likeness (QED) is 0.713. The number of rotatable bonds is 4. The second-order valence-electron chi connectivity index (χ2n) is 3.15. The summed E-state index contributed by atoms with van der Waals surface area (Å²) in [5.41, 5.74) is 5.04. The molecule has 1 heterocycles. The number of amides is 3. The highest BCUT2D eigenvalue weighted by molar-refractivity contribution is 5.94. The Bertz CT molecular complexity index is 439. The summed E-state index contributed by atoms with van der Waals surface area (Å²) in [6, 6.07) is 2.19.